The molecular weight excluding hydrogens is 200 g/mol. The number of methoxy groups -OCH3 is 1. The minimum Gasteiger partial charge on any atom is -0.384 e. The second kappa shape index (κ2) is 3.52. The van der Waals surface area contributed by atoms with Crippen LogP contribution < -0.4 is 0 Å². The molecule has 1 saturated carbocycles. The van der Waals surface area contributed by atoms with Crippen molar-refractivity contribution in [2.45, 2.75) is 19.3 Å². The SMILES string of the molecule is COCC1(CS(=O)(=O)Cl)CCC1. The predicted octanol–water partition coefficient (Wildman–Crippen LogP) is 1.37. The minimum atomic E-state index is -3.37. The van der Waals surface area contributed by atoms with Crippen LogP contribution in [0.15, 0.2) is 0 Å². The van der Waals surface area contributed by atoms with Crippen LogP contribution in [-0.4, -0.2) is 27.9 Å². The second-order valence-corrected chi connectivity index (χ2v) is 6.25. The van der Waals surface area contributed by atoms with Crippen LogP contribution in [0.25, 0.3) is 0 Å². The Morgan fingerprint density at radius 3 is 2.33 bits per heavy atom. The Morgan fingerprint density at radius 2 is 2.08 bits per heavy atom. The first kappa shape index (κ1) is 10.3. The molecule has 0 aromatic carbocycles. The van der Waals surface area contributed by atoms with Crippen LogP contribution in [-0.2, 0) is 13.8 Å². The lowest BCUT2D eigenvalue weighted by atomic mass is 9.71. The van der Waals surface area contributed by atoms with E-state index in [4.69, 9.17) is 15.4 Å². The lowest BCUT2D eigenvalue weighted by Crippen LogP contribution is -2.39. The molecule has 0 aromatic heterocycles. The van der Waals surface area contributed by atoms with Gasteiger partial charge in [-0.05, 0) is 12.8 Å². The molecule has 0 heterocycles. The molecule has 1 rings (SSSR count). The van der Waals surface area contributed by atoms with E-state index in [0.717, 1.165) is 19.3 Å². The Hall–Kier alpha value is 0.200. The zero-order chi connectivity index (χ0) is 9.24. The van der Waals surface area contributed by atoms with Gasteiger partial charge in [0.2, 0.25) is 9.05 Å². The van der Waals surface area contributed by atoms with Crippen LogP contribution in [0.2, 0.25) is 0 Å². The topological polar surface area (TPSA) is 43.4 Å². The zero-order valence-corrected chi connectivity index (χ0v) is 8.62. The van der Waals surface area contributed by atoms with E-state index >= 15 is 0 Å². The largest absolute Gasteiger partial charge is 0.384 e. The number of halogens is 1. The van der Waals surface area contributed by atoms with Gasteiger partial charge in [-0.3, -0.25) is 0 Å². The van der Waals surface area contributed by atoms with E-state index in [-0.39, 0.29) is 11.2 Å². The number of hydrogen-bond donors (Lipinski definition) is 0. The maximum atomic E-state index is 10.8. The molecule has 0 atom stereocenters. The Balaban J connectivity index is 2.56. The first-order valence-corrected chi connectivity index (χ1v) is 6.37. The molecule has 12 heavy (non-hydrogen) atoms. The van der Waals surface area contributed by atoms with Crippen LogP contribution in [0, 0.1) is 5.41 Å². The standard InChI is InChI=1S/C7H13ClO3S/c1-11-5-7(3-2-4-7)6-12(8,9)10/h2-6H2,1H3. The summed E-state index contributed by atoms with van der Waals surface area (Å²) in [6, 6.07) is 0. The minimum absolute atomic E-state index is 0.0510. The monoisotopic (exact) mass is 212 g/mol. The highest BCUT2D eigenvalue weighted by Gasteiger charge is 2.40. The molecule has 1 aliphatic carbocycles. The highest BCUT2D eigenvalue weighted by Crippen LogP contribution is 2.42. The molecule has 0 unspecified atom stereocenters. The fraction of sp³-hybridized carbons (Fsp3) is 1.00. The van der Waals surface area contributed by atoms with Crippen LogP contribution in [0.4, 0.5) is 0 Å². The maximum Gasteiger partial charge on any atom is 0.233 e. The summed E-state index contributed by atoms with van der Waals surface area (Å²) in [6.07, 6.45) is 2.90. The van der Waals surface area contributed by atoms with Gasteiger partial charge in [0, 0.05) is 23.2 Å². The Morgan fingerprint density at radius 1 is 1.50 bits per heavy atom. The number of hydrogen-bond acceptors (Lipinski definition) is 3. The summed E-state index contributed by atoms with van der Waals surface area (Å²) in [5.41, 5.74) is -0.185. The van der Waals surface area contributed by atoms with E-state index in [1.54, 1.807) is 7.11 Å². The van der Waals surface area contributed by atoms with Crippen molar-refractivity contribution < 1.29 is 13.2 Å². The van der Waals surface area contributed by atoms with Crippen molar-refractivity contribution in [1.82, 2.24) is 0 Å². The quantitative estimate of drug-likeness (QED) is 0.662. The van der Waals surface area contributed by atoms with E-state index in [0.29, 0.717) is 6.61 Å². The van der Waals surface area contributed by atoms with E-state index in [1.807, 2.05) is 0 Å². The highest BCUT2D eigenvalue weighted by molar-refractivity contribution is 8.13. The average Bonchev–Trinajstić information content (AvgIpc) is 1.80. The summed E-state index contributed by atoms with van der Waals surface area (Å²) >= 11 is 0. The van der Waals surface area contributed by atoms with Gasteiger partial charge in [-0.15, -0.1) is 0 Å². The van der Waals surface area contributed by atoms with Gasteiger partial charge in [0.15, 0.2) is 0 Å². The van der Waals surface area contributed by atoms with Gasteiger partial charge in [0.1, 0.15) is 0 Å². The molecule has 0 spiro atoms. The molecule has 5 heteroatoms. The maximum absolute atomic E-state index is 10.8. The van der Waals surface area contributed by atoms with Crippen molar-refractivity contribution in [3.05, 3.63) is 0 Å². The van der Waals surface area contributed by atoms with E-state index in [2.05, 4.69) is 0 Å². The van der Waals surface area contributed by atoms with Gasteiger partial charge >= 0.3 is 0 Å². The Labute approximate surface area is 77.5 Å². The summed E-state index contributed by atoms with van der Waals surface area (Å²) in [4.78, 5) is 0. The molecule has 72 valence electrons. The molecule has 0 amide bonds. The first-order chi connectivity index (χ1) is 5.47. The van der Waals surface area contributed by atoms with E-state index in [9.17, 15) is 8.42 Å². The van der Waals surface area contributed by atoms with Crippen molar-refractivity contribution in [2.75, 3.05) is 19.5 Å². The smallest absolute Gasteiger partial charge is 0.233 e. The molecule has 3 nitrogen and oxygen atoms in total. The number of ether oxygens (including phenoxy) is 1. The fourth-order valence-electron chi connectivity index (χ4n) is 1.68. The van der Waals surface area contributed by atoms with Gasteiger partial charge in [0.05, 0.1) is 12.4 Å². The third kappa shape index (κ3) is 2.61. The Bertz CT molecular complexity index is 243. The fourth-order valence-corrected chi connectivity index (χ4v) is 3.48. The van der Waals surface area contributed by atoms with Crippen LogP contribution in [0.5, 0.6) is 0 Å². The third-order valence-corrected chi connectivity index (χ3v) is 3.63. The summed E-state index contributed by atoms with van der Waals surface area (Å²) < 4.78 is 26.6. The lowest BCUT2D eigenvalue weighted by molar-refractivity contribution is 0.0360. The molecule has 0 saturated heterocycles. The summed E-state index contributed by atoms with van der Waals surface area (Å²) in [7, 11) is 3.39. The van der Waals surface area contributed by atoms with Gasteiger partial charge in [-0.25, -0.2) is 8.42 Å². The van der Waals surface area contributed by atoms with Crippen molar-refractivity contribution in [3.8, 4) is 0 Å². The highest BCUT2D eigenvalue weighted by atomic mass is 35.7. The van der Waals surface area contributed by atoms with Gasteiger partial charge in [0.25, 0.3) is 0 Å². The molecule has 1 fully saturated rings. The zero-order valence-electron chi connectivity index (χ0n) is 7.05. The van der Waals surface area contributed by atoms with Gasteiger partial charge in [-0.1, -0.05) is 6.42 Å². The second-order valence-electron chi connectivity index (χ2n) is 3.47. The molecule has 0 radical (unpaired) electrons. The van der Waals surface area contributed by atoms with E-state index in [1.165, 1.54) is 0 Å². The van der Waals surface area contributed by atoms with Crippen LogP contribution in [0.1, 0.15) is 19.3 Å². The molecule has 0 bridgehead atoms. The van der Waals surface area contributed by atoms with Crippen LogP contribution in [0.3, 0.4) is 0 Å². The predicted molar refractivity (Wildman–Crippen MR) is 47.8 cm³/mol. The average molecular weight is 213 g/mol. The van der Waals surface area contributed by atoms with Gasteiger partial charge < -0.3 is 4.74 Å². The van der Waals surface area contributed by atoms with Crippen molar-refractivity contribution in [3.63, 3.8) is 0 Å². The third-order valence-electron chi connectivity index (χ3n) is 2.34. The molecule has 0 aromatic rings. The van der Waals surface area contributed by atoms with Crippen molar-refractivity contribution >= 4 is 19.7 Å². The molecule has 0 N–H and O–H groups in total. The molecule has 0 aliphatic heterocycles. The van der Waals surface area contributed by atoms with Gasteiger partial charge in [-0.2, -0.15) is 0 Å². The number of rotatable bonds is 4. The Kier molecular flexibility index (Phi) is 3.01. The normalized spacial score (nSPS) is 21.8. The molecule has 1 aliphatic rings. The lowest BCUT2D eigenvalue weighted by Gasteiger charge is -2.40. The van der Waals surface area contributed by atoms with Crippen LogP contribution >= 0.6 is 10.7 Å². The summed E-state index contributed by atoms with van der Waals surface area (Å²) in [5, 5.41) is 0. The van der Waals surface area contributed by atoms with Crippen molar-refractivity contribution in [1.29, 1.82) is 0 Å². The summed E-state index contributed by atoms with van der Waals surface area (Å²) in [5.74, 6) is 0.0510. The van der Waals surface area contributed by atoms with E-state index < -0.39 is 9.05 Å². The molecular formula is C7H13ClO3S. The van der Waals surface area contributed by atoms with Crippen molar-refractivity contribution in [2.24, 2.45) is 5.41 Å². The first-order valence-electron chi connectivity index (χ1n) is 3.89. The summed E-state index contributed by atoms with van der Waals surface area (Å²) in [6.45, 7) is 0.499.